The van der Waals surface area contributed by atoms with Crippen molar-refractivity contribution >= 4 is 27.7 Å². The van der Waals surface area contributed by atoms with Gasteiger partial charge in [0.1, 0.15) is 5.82 Å². The smallest absolute Gasteiger partial charge is 0.126 e. The molecule has 0 spiro atoms. The van der Waals surface area contributed by atoms with Crippen molar-refractivity contribution in [3.8, 4) is 0 Å². The largest absolute Gasteiger partial charge is 0.313 e. The molecule has 4 heteroatoms. The zero-order valence-electron chi connectivity index (χ0n) is 11.7. The Bertz CT molecular complexity index is 373. The molecule has 19 heavy (non-hydrogen) atoms. The first-order valence-corrected chi connectivity index (χ1v) is 8.87. The van der Waals surface area contributed by atoms with Crippen LogP contribution in [0.3, 0.4) is 0 Å². The van der Waals surface area contributed by atoms with Gasteiger partial charge in [0, 0.05) is 16.3 Å². The number of benzene rings is 1. The average Bonchev–Trinajstić information content (AvgIpc) is 2.40. The molecule has 1 atom stereocenters. The molecule has 0 aliphatic carbocycles. The Labute approximate surface area is 128 Å². The number of rotatable bonds is 9. The Morgan fingerprint density at radius 1 is 1.32 bits per heavy atom. The van der Waals surface area contributed by atoms with Crippen molar-refractivity contribution in [1.82, 2.24) is 5.32 Å². The van der Waals surface area contributed by atoms with Crippen molar-refractivity contribution in [3.05, 3.63) is 34.1 Å². The average molecular weight is 348 g/mol. The summed E-state index contributed by atoms with van der Waals surface area (Å²) in [7, 11) is 0. The van der Waals surface area contributed by atoms with Crippen molar-refractivity contribution in [2.24, 2.45) is 0 Å². The second-order valence-electron chi connectivity index (χ2n) is 4.67. The highest BCUT2D eigenvalue weighted by Gasteiger charge is 2.12. The van der Waals surface area contributed by atoms with E-state index in [2.05, 4.69) is 35.1 Å². The van der Waals surface area contributed by atoms with E-state index in [1.807, 2.05) is 17.8 Å². The first kappa shape index (κ1) is 17.0. The maximum absolute atomic E-state index is 13.8. The van der Waals surface area contributed by atoms with Crippen LogP contribution in [0, 0.1) is 5.82 Å². The Balaban J connectivity index is 2.61. The highest BCUT2D eigenvalue weighted by Crippen LogP contribution is 2.18. The number of hydrogen-bond acceptors (Lipinski definition) is 2. The van der Waals surface area contributed by atoms with Crippen LogP contribution >= 0.6 is 27.7 Å². The Morgan fingerprint density at radius 3 is 2.79 bits per heavy atom. The molecular formula is C15H23BrFNS. The molecule has 0 aromatic heterocycles. The van der Waals surface area contributed by atoms with Gasteiger partial charge < -0.3 is 5.32 Å². The van der Waals surface area contributed by atoms with Crippen LogP contribution in [0.2, 0.25) is 0 Å². The monoisotopic (exact) mass is 347 g/mol. The van der Waals surface area contributed by atoms with Gasteiger partial charge >= 0.3 is 0 Å². The molecule has 0 aliphatic rings. The zero-order chi connectivity index (χ0) is 14.1. The summed E-state index contributed by atoms with van der Waals surface area (Å²) < 4.78 is 14.7. The van der Waals surface area contributed by atoms with Gasteiger partial charge in [-0.3, -0.25) is 0 Å². The fourth-order valence-electron chi connectivity index (χ4n) is 1.87. The Kier molecular flexibility index (Phi) is 8.75. The van der Waals surface area contributed by atoms with Crippen molar-refractivity contribution < 1.29 is 4.39 Å². The van der Waals surface area contributed by atoms with E-state index >= 15 is 0 Å². The van der Waals surface area contributed by atoms with Crippen LogP contribution in [0.15, 0.2) is 22.7 Å². The molecule has 0 heterocycles. The fraction of sp³-hybridized carbons (Fsp3) is 0.600. The van der Waals surface area contributed by atoms with Crippen molar-refractivity contribution in [2.75, 3.05) is 18.1 Å². The summed E-state index contributed by atoms with van der Waals surface area (Å²) in [6.45, 7) is 5.34. The number of thioether (sulfide) groups is 1. The summed E-state index contributed by atoms with van der Waals surface area (Å²) in [5.41, 5.74) is 0.792. The van der Waals surface area contributed by atoms with E-state index in [0.29, 0.717) is 6.04 Å². The molecule has 0 radical (unpaired) electrons. The standard InChI is InChI=1S/C15H23BrFNS/c1-3-7-18-14(11-19-8-4-2)10-12-9-13(16)5-6-15(12)17/h5-6,9,14,18H,3-4,7-8,10-11H2,1-2H3. The zero-order valence-corrected chi connectivity index (χ0v) is 14.1. The molecule has 1 rings (SSSR count). The minimum Gasteiger partial charge on any atom is -0.313 e. The lowest BCUT2D eigenvalue weighted by atomic mass is 10.1. The summed E-state index contributed by atoms with van der Waals surface area (Å²) in [6, 6.07) is 5.52. The third-order valence-corrected chi connectivity index (χ3v) is 4.65. The molecular weight excluding hydrogens is 325 g/mol. The Morgan fingerprint density at radius 2 is 2.11 bits per heavy atom. The van der Waals surface area contributed by atoms with Crippen LogP contribution in [-0.4, -0.2) is 24.1 Å². The van der Waals surface area contributed by atoms with Gasteiger partial charge in [0.25, 0.3) is 0 Å². The first-order chi connectivity index (χ1) is 9.17. The highest BCUT2D eigenvalue weighted by molar-refractivity contribution is 9.10. The summed E-state index contributed by atoms with van der Waals surface area (Å²) in [4.78, 5) is 0. The van der Waals surface area contributed by atoms with E-state index < -0.39 is 0 Å². The van der Waals surface area contributed by atoms with Crippen LogP contribution < -0.4 is 5.32 Å². The predicted octanol–water partition coefficient (Wildman–Crippen LogP) is 4.64. The third kappa shape index (κ3) is 6.77. The molecule has 108 valence electrons. The van der Waals surface area contributed by atoms with Gasteiger partial charge in [0.05, 0.1) is 0 Å². The molecule has 0 bridgehead atoms. The van der Waals surface area contributed by atoms with Crippen molar-refractivity contribution in [1.29, 1.82) is 0 Å². The summed E-state index contributed by atoms with van der Waals surface area (Å²) >= 11 is 5.35. The quantitative estimate of drug-likeness (QED) is 0.653. The first-order valence-electron chi connectivity index (χ1n) is 6.92. The third-order valence-electron chi connectivity index (χ3n) is 2.82. The summed E-state index contributed by atoms with van der Waals surface area (Å²) in [6.07, 6.45) is 3.05. The second-order valence-corrected chi connectivity index (χ2v) is 6.73. The summed E-state index contributed by atoms with van der Waals surface area (Å²) in [5, 5.41) is 3.52. The lowest BCUT2D eigenvalue weighted by Gasteiger charge is -2.18. The summed E-state index contributed by atoms with van der Waals surface area (Å²) in [5.74, 6) is 2.11. The number of hydrogen-bond donors (Lipinski definition) is 1. The van der Waals surface area contributed by atoms with E-state index in [0.717, 1.165) is 35.2 Å². The maximum atomic E-state index is 13.8. The highest BCUT2D eigenvalue weighted by atomic mass is 79.9. The minimum atomic E-state index is -0.105. The molecule has 0 saturated heterocycles. The Hall–Kier alpha value is -0.0600. The second kappa shape index (κ2) is 9.78. The van der Waals surface area contributed by atoms with Crippen molar-refractivity contribution in [2.45, 2.75) is 39.2 Å². The van der Waals surface area contributed by atoms with Crippen molar-refractivity contribution in [3.63, 3.8) is 0 Å². The minimum absolute atomic E-state index is 0.105. The van der Waals surface area contributed by atoms with Crippen LogP contribution in [0.1, 0.15) is 32.3 Å². The molecule has 1 nitrogen and oxygen atoms in total. The molecule has 0 saturated carbocycles. The van der Waals surface area contributed by atoms with Gasteiger partial charge in [0.15, 0.2) is 0 Å². The molecule has 1 aromatic rings. The van der Waals surface area contributed by atoms with E-state index in [1.165, 1.54) is 18.2 Å². The van der Waals surface area contributed by atoms with Gasteiger partial charge in [0.2, 0.25) is 0 Å². The van der Waals surface area contributed by atoms with Gasteiger partial charge in [-0.05, 0) is 55.3 Å². The van der Waals surface area contributed by atoms with Gasteiger partial charge in [-0.2, -0.15) is 11.8 Å². The van der Waals surface area contributed by atoms with Gasteiger partial charge in [-0.1, -0.05) is 29.8 Å². The van der Waals surface area contributed by atoms with E-state index in [-0.39, 0.29) is 5.82 Å². The molecule has 1 N–H and O–H groups in total. The fourth-order valence-corrected chi connectivity index (χ4v) is 3.26. The van der Waals surface area contributed by atoms with E-state index in [4.69, 9.17) is 0 Å². The SMILES string of the molecule is CCCNC(CSCCC)Cc1cc(Br)ccc1F. The molecule has 0 fully saturated rings. The van der Waals surface area contributed by atoms with Gasteiger partial charge in [-0.15, -0.1) is 0 Å². The van der Waals surface area contributed by atoms with E-state index in [1.54, 1.807) is 6.07 Å². The number of nitrogens with one attached hydrogen (secondary N) is 1. The van der Waals surface area contributed by atoms with E-state index in [9.17, 15) is 4.39 Å². The molecule has 1 unspecified atom stereocenters. The van der Waals surface area contributed by atoms with Crippen LogP contribution in [0.4, 0.5) is 4.39 Å². The molecule has 1 aromatic carbocycles. The lowest BCUT2D eigenvalue weighted by molar-refractivity contribution is 0.530. The molecule has 0 aliphatic heterocycles. The van der Waals surface area contributed by atoms with Crippen LogP contribution in [0.5, 0.6) is 0 Å². The normalized spacial score (nSPS) is 12.6. The lowest BCUT2D eigenvalue weighted by Crippen LogP contribution is -2.34. The number of halogens is 2. The van der Waals surface area contributed by atoms with Crippen LogP contribution in [0.25, 0.3) is 0 Å². The topological polar surface area (TPSA) is 12.0 Å². The predicted molar refractivity (Wildman–Crippen MR) is 87.5 cm³/mol. The van der Waals surface area contributed by atoms with Crippen LogP contribution in [-0.2, 0) is 6.42 Å². The molecule has 0 amide bonds. The maximum Gasteiger partial charge on any atom is 0.126 e. The van der Waals surface area contributed by atoms with Gasteiger partial charge in [-0.25, -0.2) is 4.39 Å².